The van der Waals surface area contributed by atoms with Crippen LogP contribution in [-0.2, 0) is 14.8 Å². The summed E-state index contributed by atoms with van der Waals surface area (Å²) in [5.41, 5.74) is 4.55. The van der Waals surface area contributed by atoms with Gasteiger partial charge in [-0.15, -0.1) is 0 Å². The van der Waals surface area contributed by atoms with Crippen LogP contribution in [0.2, 0.25) is 0 Å². The van der Waals surface area contributed by atoms with Crippen LogP contribution in [0, 0.1) is 0 Å². The van der Waals surface area contributed by atoms with E-state index < -0.39 is 15.9 Å². The summed E-state index contributed by atoms with van der Waals surface area (Å²) in [4.78, 5) is 9.85. The smallest absolute Gasteiger partial charge is 0.260 e. The Morgan fingerprint density at radius 1 is 1.67 bits per heavy atom. The van der Waals surface area contributed by atoms with E-state index in [1.807, 2.05) is 0 Å². The van der Waals surface area contributed by atoms with Gasteiger partial charge >= 0.3 is 0 Å². The molecule has 0 fully saturated rings. The molecule has 0 aromatic heterocycles. The summed E-state index contributed by atoms with van der Waals surface area (Å²) in [5.74, 6) is -0.875. The highest BCUT2D eigenvalue weighted by atomic mass is 32.2. The fourth-order valence-electron chi connectivity index (χ4n) is 0.148. The zero-order chi connectivity index (χ0) is 7.49. The number of hydrogen-bond acceptors (Lipinski definition) is 3. The number of amides is 1. The molecular weight excluding hydrogens is 144 g/mol. The molecule has 0 heterocycles. The van der Waals surface area contributed by atoms with Crippen molar-refractivity contribution in [2.24, 2.45) is 10.1 Å². The third kappa shape index (κ3) is 7.09. The second-order valence-corrected chi connectivity index (χ2v) is 3.05. The molecule has 0 saturated heterocycles. The number of nitrogens with two attached hydrogens (primary N) is 1. The molecule has 5 nitrogen and oxygen atoms in total. The van der Waals surface area contributed by atoms with Gasteiger partial charge in [-0.05, 0) is 0 Å². The predicted octanol–water partition coefficient (Wildman–Crippen LogP) is -1.50. The Morgan fingerprint density at radius 3 is 2.22 bits per heavy atom. The molecule has 9 heavy (non-hydrogen) atoms. The van der Waals surface area contributed by atoms with E-state index in [1.54, 1.807) is 0 Å². The van der Waals surface area contributed by atoms with Crippen molar-refractivity contribution in [2.45, 2.75) is 0 Å². The Bertz CT molecular complexity index is 227. The van der Waals surface area contributed by atoms with Crippen LogP contribution in [0.1, 0.15) is 0 Å². The molecule has 0 saturated carbocycles. The van der Waals surface area contributed by atoms with Gasteiger partial charge in [-0.2, -0.15) is 4.40 Å². The summed E-state index contributed by atoms with van der Waals surface area (Å²) >= 11 is 0. The monoisotopic (exact) mass is 150 g/mol. The van der Waals surface area contributed by atoms with Crippen molar-refractivity contribution in [1.82, 2.24) is 0 Å². The molecule has 0 spiro atoms. The maximum atomic E-state index is 10.1. The molecule has 1 amide bonds. The highest BCUT2D eigenvalue weighted by Gasteiger charge is 1.93. The van der Waals surface area contributed by atoms with Crippen LogP contribution in [0.3, 0.4) is 0 Å². The van der Waals surface area contributed by atoms with Gasteiger partial charge in [0, 0.05) is 0 Å². The summed E-state index contributed by atoms with van der Waals surface area (Å²) < 4.78 is 23.1. The molecule has 2 N–H and O–H groups in total. The Balaban J connectivity index is 4.21. The lowest BCUT2D eigenvalue weighted by Gasteiger charge is -1.80. The van der Waals surface area contributed by atoms with Gasteiger partial charge in [-0.3, -0.25) is 4.79 Å². The van der Waals surface area contributed by atoms with Crippen LogP contribution in [-0.4, -0.2) is 26.8 Å². The lowest BCUT2D eigenvalue weighted by Crippen LogP contribution is -2.12. The number of nitrogens with zero attached hydrogens (tertiary/aromatic N) is 1. The molecule has 0 aliphatic rings. The maximum Gasteiger partial charge on any atom is 0.260 e. The SMILES string of the molecule is CS(=O)(=O)N=CC(N)=O. The van der Waals surface area contributed by atoms with Gasteiger partial charge in [-0.1, -0.05) is 0 Å². The van der Waals surface area contributed by atoms with E-state index in [2.05, 4.69) is 10.1 Å². The highest BCUT2D eigenvalue weighted by molar-refractivity contribution is 7.89. The van der Waals surface area contributed by atoms with E-state index in [-0.39, 0.29) is 0 Å². The first kappa shape index (κ1) is 8.09. The van der Waals surface area contributed by atoms with E-state index in [4.69, 9.17) is 0 Å². The van der Waals surface area contributed by atoms with Crippen LogP contribution in [0.4, 0.5) is 0 Å². The standard InChI is InChI=1S/C3H6N2O3S/c1-9(7,8)5-2-3(4)6/h2H,1H3,(H2,4,6). The molecule has 0 aliphatic carbocycles. The molecule has 0 aliphatic heterocycles. The van der Waals surface area contributed by atoms with Crippen molar-refractivity contribution in [2.75, 3.05) is 6.26 Å². The summed E-state index contributed by atoms with van der Waals surface area (Å²) in [6.07, 6.45) is 1.42. The number of rotatable bonds is 2. The number of carbonyl (C=O) groups is 1. The summed E-state index contributed by atoms with van der Waals surface area (Å²) in [6.45, 7) is 0. The number of carbonyl (C=O) groups excluding carboxylic acids is 1. The van der Waals surface area contributed by atoms with Gasteiger partial charge in [0.15, 0.2) is 0 Å². The van der Waals surface area contributed by atoms with E-state index in [9.17, 15) is 13.2 Å². The molecule has 0 atom stereocenters. The minimum absolute atomic E-state index is 0.551. The molecule has 0 radical (unpaired) electrons. The second-order valence-electron chi connectivity index (χ2n) is 1.37. The molecule has 0 unspecified atom stereocenters. The molecule has 6 heteroatoms. The first-order valence-corrected chi connectivity index (χ1v) is 3.81. The van der Waals surface area contributed by atoms with Gasteiger partial charge in [-0.25, -0.2) is 8.42 Å². The second kappa shape index (κ2) is 2.58. The Hall–Kier alpha value is -0.910. The first-order chi connectivity index (χ1) is 3.92. The molecule has 52 valence electrons. The minimum atomic E-state index is -3.45. The van der Waals surface area contributed by atoms with Gasteiger partial charge in [0.2, 0.25) is 10.0 Å². The Morgan fingerprint density at radius 2 is 2.11 bits per heavy atom. The van der Waals surface area contributed by atoms with Crippen LogP contribution in [0.5, 0.6) is 0 Å². The topological polar surface area (TPSA) is 89.6 Å². The minimum Gasteiger partial charge on any atom is -0.365 e. The van der Waals surface area contributed by atoms with E-state index >= 15 is 0 Å². The fraction of sp³-hybridized carbons (Fsp3) is 0.333. The maximum absolute atomic E-state index is 10.1. The Labute approximate surface area is 52.6 Å². The quantitative estimate of drug-likeness (QED) is 0.486. The zero-order valence-electron chi connectivity index (χ0n) is 4.73. The van der Waals surface area contributed by atoms with Gasteiger partial charge in [0.1, 0.15) is 6.21 Å². The lowest BCUT2D eigenvalue weighted by atomic mass is 10.7. The molecule has 0 aromatic rings. The predicted molar refractivity (Wildman–Crippen MR) is 32.5 cm³/mol. The third-order valence-corrected chi connectivity index (χ3v) is 0.860. The van der Waals surface area contributed by atoms with Crippen molar-refractivity contribution in [3.8, 4) is 0 Å². The summed E-state index contributed by atoms with van der Waals surface area (Å²) in [7, 11) is -3.45. The van der Waals surface area contributed by atoms with E-state index in [0.717, 1.165) is 6.26 Å². The van der Waals surface area contributed by atoms with Crippen molar-refractivity contribution in [1.29, 1.82) is 0 Å². The zero-order valence-corrected chi connectivity index (χ0v) is 5.55. The third-order valence-electron chi connectivity index (χ3n) is 0.371. The largest absolute Gasteiger partial charge is 0.365 e. The van der Waals surface area contributed by atoms with Crippen LogP contribution in [0.25, 0.3) is 0 Å². The summed E-state index contributed by atoms with van der Waals surface area (Å²) in [5, 5.41) is 0. The van der Waals surface area contributed by atoms with Crippen molar-refractivity contribution >= 4 is 22.1 Å². The lowest BCUT2D eigenvalue weighted by molar-refractivity contribution is -0.111. The van der Waals surface area contributed by atoms with Crippen molar-refractivity contribution in [3.05, 3.63) is 0 Å². The molecule has 0 aromatic carbocycles. The van der Waals surface area contributed by atoms with Crippen LogP contribution in [0.15, 0.2) is 4.40 Å². The average Bonchev–Trinajstić information content (AvgIpc) is 1.59. The molecule has 0 rings (SSSR count). The number of sulfonamides is 1. The van der Waals surface area contributed by atoms with E-state index in [0.29, 0.717) is 6.21 Å². The van der Waals surface area contributed by atoms with Crippen LogP contribution >= 0.6 is 0 Å². The van der Waals surface area contributed by atoms with Gasteiger partial charge in [0.25, 0.3) is 5.91 Å². The molecular formula is C3H6N2O3S. The van der Waals surface area contributed by atoms with Crippen LogP contribution < -0.4 is 5.73 Å². The summed E-state index contributed by atoms with van der Waals surface area (Å²) in [6, 6.07) is 0. The normalized spacial score (nSPS) is 12.1. The average molecular weight is 150 g/mol. The fourth-order valence-corrected chi connectivity index (χ4v) is 0.443. The number of primary amides is 1. The van der Waals surface area contributed by atoms with E-state index in [1.165, 1.54) is 0 Å². The van der Waals surface area contributed by atoms with Crippen molar-refractivity contribution < 1.29 is 13.2 Å². The first-order valence-electron chi connectivity index (χ1n) is 1.96. The number of hydrogen-bond donors (Lipinski definition) is 1. The van der Waals surface area contributed by atoms with Gasteiger partial charge < -0.3 is 5.73 Å². The highest BCUT2D eigenvalue weighted by Crippen LogP contribution is 1.79. The van der Waals surface area contributed by atoms with Crippen molar-refractivity contribution in [3.63, 3.8) is 0 Å². The Kier molecular flexibility index (Phi) is 2.32. The van der Waals surface area contributed by atoms with Gasteiger partial charge in [0.05, 0.1) is 6.26 Å². The molecule has 0 bridgehead atoms.